The van der Waals surface area contributed by atoms with Crippen molar-refractivity contribution in [3.63, 3.8) is 0 Å². The molecule has 0 saturated heterocycles. The summed E-state index contributed by atoms with van der Waals surface area (Å²) in [6.45, 7) is 1.93. The van der Waals surface area contributed by atoms with Crippen LogP contribution in [-0.2, 0) is 10.5 Å². The molecule has 2 aromatic carbocycles. The van der Waals surface area contributed by atoms with E-state index in [1.54, 1.807) is 17.8 Å². The fourth-order valence-electron chi connectivity index (χ4n) is 1.84. The Hall–Kier alpha value is -0.970. The van der Waals surface area contributed by atoms with E-state index in [2.05, 4.69) is 33.4 Å². The van der Waals surface area contributed by atoms with E-state index in [0.717, 1.165) is 21.5 Å². The van der Waals surface area contributed by atoms with Crippen LogP contribution in [0.25, 0.3) is 0 Å². The maximum atomic E-state index is 11.9. The highest BCUT2D eigenvalue weighted by Crippen LogP contribution is 2.21. The van der Waals surface area contributed by atoms with E-state index in [9.17, 15) is 4.79 Å². The molecule has 0 aliphatic carbocycles. The maximum Gasteiger partial charge on any atom is 0.234 e. The fourth-order valence-corrected chi connectivity index (χ4v) is 3.29. The zero-order valence-electron chi connectivity index (χ0n) is 11.5. The Kier molecular flexibility index (Phi) is 6.15. The van der Waals surface area contributed by atoms with Crippen LogP contribution in [-0.4, -0.2) is 11.7 Å². The van der Waals surface area contributed by atoms with Crippen LogP contribution in [0.3, 0.4) is 0 Å². The SMILES string of the molecule is Cc1cc(Cl)ccc1NC(=O)CSCc1cccc(Br)c1. The average molecular weight is 385 g/mol. The number of hydrogen-bond donors (Lipinski definition) is 1. The molecule has 0 fully saturated rings. The molecule has 0 atom stereocenters. The molecule has 0 radical (unpaired) electrons. The summed E-state index contributed by atoms with van der Waals surface area (Å²) in [6.07, 6.45) is 0. The van der Waals surface area contributed by atoms with Gasteiger partial charge in [-0.25, -0.2) is 0 Å². The van der Waals surface area contributed by atoms with E-state index in [4.69, 9.17) is 11.6 Å². The van der Waals surface area contributed by atoms with Crippen molar-refractivity contribution in [3.05, 3.63) is 63.1 Å². The number of rotatable bonds is 5. The highest BCUT2D eigenvalue weighted by Gasteiger charge is 2.05. The number of carbonyl (C=O) groups excluding carboxylic acids is 1. The summed E-state index contributed by atoms with van der Waals surface area (Å²) in [7, 11) is 0. The Morgan fingerprint density at radius 3 is 2.81 bits per heavy atom. The molecule has 5 heteroatoms. The summed E-state index contributed by atoms with van der Waals surface area (Å²) in [6, 6.07) is 13.5. The second-order valence-corrected chi connectivity index (χ2v) is 6.97. The minimum absolute atomic E-state index is 0.000388. The van der Waals surface area contributed by atoms with Gasteiger partial charge in [-0.1, -0.05) is 39.7 Å². The van der Waals surface area contributed by atoms with Gasteiger partial charge < -0.3 is 5.32 Å². The van der Waals surface area contributed by atoms with Gasteiger partial charge in [-0.15, -0.1) is 11.8 Å². The summed E-state index contributed by atoms with van der Waals surface area (Å²) in [4.78, 5) is 11.9. The first-order chi connectivity index (χ1) is 10.0. The predicted molar refractivity (Wildman–Crippen MR) is 95.1 cm³/mol. The number of thioether (sulfide) groups is 1. The van der Waals surface area contributed by atoms with Gasteiger partial charge in [0.15, 0.2) is 0 Å². The van der Waals surface area contributed by atoms with Crippen LogP contribution in [0.4, 0.5) is 5.69 Å². The number of hydrogen-bond acceptors (Lipinski definition) is 2. The van der Waals surface area contributed by atoms with Gasteiger partial charge in [0.2, 0.25) is 5.91 Å². The van der Waals surface area contributed by atoms with Crippen molar-refractivity contribution in [1.82, 2.24) is 0 Å². The fraction of sp³-hybridized carbons (Fsp3) is 0.188. The molecule has 0 saturated carbocycles. The van der Waals surface area contributed by atoms with E-state index < -0.39 is 0 Å². The van der Waals surface area contributed by atoms with Gasteiger partial charge in [0.05, 0.1) is 5.75 Å². The molecular formula is C16H15BrClNOS. The zero-order chi connectivity index (χ0) is 15.2. The Balaban J connectivity index is 1.82. The third-order valence-electron chi connectivity index (χ3n) is 2.85. The van der Waals surface area contributed by atoms with Crippen LogP contribution in [0.15, 0.2) is 46.9 Å². The normalized spacial score (nSPS) is 10.4. The minimum atomic E-state index is 0.000388. The van der Waals surface area contributed by atoms with Crippen molar-refractivity contribution in [2.75, 3.05) is 11.1 Å². The van der Waals surface area contributed by atoms with E-state index in [0.29, 0.717) is 10.8 Å². The summed E-state index contributed by atoms with van der Waals surface area (Å²) in [5.41, 5.74) is 2.98. The highest BCUT2D eigenvalue weighted by atomic mass is 79.9. The summed E-state index contributed by atoms with van der Waals surface area (Å²) >= 11 is 10.9. The summed E-state index contributed by atoms with van der Waals surface area (Å²) in [5.74, 6) is 1.24. The van der Waals surface area contributed by atoms with E-state index >= 15 is 0 Å². The number of amides is 1. The molecule has 1 amide bonds. The maximum absolute atomic E-state index is 11.9. The van der Waals surface area contributed by atoms with E-state index in [1.165, 1.54) is 5.56 Å². The topological polar surface area (TPSA) is 29.1 Å². The Morgan fingerprint density at radius 2 is 2.10 bits per heavy atom. The van der Waals surface area contributed by atoms with E-state index in [-0.39, 0.29) is 5.91 Å². The van der Waals surface area contributed by atoms with Gasteiger partial charge in [0.25, 0.3) is 0 Å². The summed E-state index contributed by atoms with van der Waals surface area (Å²) < 4.78 is 1.06. The smallest absolute Gasteiger partial charge is 0.234 e. The predicted octanol–water partition coefficient (Wildman–Crippen LogP) is 5.28. The van der Waals surface area contributed by atoms with Crippen molar-refractivity contribution < 1.29 is 4.79 Å². The first-order valence-electron chi connectivity index (χ1n) is 6.43. The van der Waals surface area contributed by atoms with Gasteiger partial charge in [0.1, 0.15) is 0 Å². The molecule has 0 spiro atoms. The largest absolute Gasteiger partial charge is 0.325 e. The molecule has 0 unspecified atom stereocenters. The van der Waals surface area contributed by atoms with Crippen LogP contribution in [0.5, 0.6) is 0 Å². The lowest BCUT2D eigenvalue weighted by molar-refractivity contribution is -0.113. The number of benzene rings is 2. The van der Waals surface area contributed by atoms with Gasteiger partial charge in [0, 0.05) is 20.9 Å². The standard InChI is InChI=1S/C16H15BrClNOS/c1-11-7-14(18)5-6-15(11)19-16(20)10-21-9-12-3-2-4-13(17)8-12/h2-8H,9-10H2,1H3,(H,19,20). The average Bonchev–Trinajstić information content (AvgIpc) is 2.42. The molecule has 0 aliphatic rings. The molecule has 21 heavy (non-hydrogen) atoms. The van der Waals surface area contributed by atoms with Gasteiger partial charge >= 0.3 is 0 Å². The van der Waals surface area contributed by atoms with Gasteiger partial charge in [-0.2, -0.15) is 0 Å². The second kappa shape index (κ2) is 7.87. The minimum Gasteiger partial charge on any atom is -0.325 e. The quantitative estimate of drug-likeness (QED) is 0.759. The van der Waals surface area contributed by atoms with Crippen molar-refractivity contribution in [1.29, 1.82) is 0 Å². The lowest BCUT2D eigenvalue weighted by Gasteiger charge is -2.08. The number of nitrogens with one attached hydrogen (secondary N) is 1. The van der Waals surface area contributed by atoms with Crippen LogP contribution in [0.2, 0.25) is 5.02 Å². The Morgan fingerprint density at radius 1 is 1.29 bits per heavy atom. The number of carbonyl (C=O) groups is 1. The second-order valence-electron chi connectivity index (χ2n) is 4.63. The van der Waals surface area contributed by atoms with Gasteiger partial charge in [-0.05, 0) is 48.4 Å². The monoisotopic (exact) mass is 383 g/mol. The summed E-state index contributed by atoms with van der Waals surface area (Å²) in [5, 5.41) is 3.58. The Labute approximate surface area is 142 Å². The van der Waals surface area contributed by atoms with Crippen molar-refractivity contribution in [2.45, 2.75) is 12.7 Å². The Bertz CT molecular complexity index is 648. The molecule has 2 rings (SSSR count). The number of anilines is 1. The number of halogens is 2. The molecule has 0 bridgehead atoms. The molecule has 2 aromatic rings. The molecule has 0 heterocycles. The van der Waals surface area contributed by atoms with Crippen LogP contribution >= 0.6 is 39.3 Å². The van der Waals surface area contributed by atoms with Crippen molar-refractivity contribution in [3.8, 4) is 0 Å². The molecule has 110 valence electrons. The third kappa shape index (κ3) is 5.38. The van der Waals surface area contributed by atoms with E-state index in [1.807, 2.05) is 31.2 Å². The highest BCUT2D eigenvalue weighted by molar-refractivity contribution is 9.10. The molecule has 1 N–H and O–H groups in total. The molecule has 2 nitrogen and oxygen atoms in total. The first kappa shape index (κ1) is 16.4. The van der Waals surface area contributed by atoms with Crippen molar-refractivity contribution in [2.24, 2.45) is 0 Å². The van der Waals surface area contributed by atoms with Crippen molar-refractivity contribution >= 4 is 50.9 Å². The lowest BCUT2D eigenvalue weighted by Crippen LogP contribution is -2.14. The third-order valence-corrected chi connectivity index (χ3v) is 4.59. The van der Waals surface area contributed by atoms with Crippen LogP contribution in [0.1, 0.15) is 11.1 Å². The van der Waals surface area contributed by atoms with Crippen LogP contribution in [0, 0.1) is 6.92 Å². The van der Waals surface area contributed by atoms with Crippen LogP contribution < -0.4 is 5.32 Å². The zero-order valence-corrected chi connectivity index (χ0v) is 14.7. The molecule has 0 aliphatic heterocycles. The van der Waals surface area contributed by atoms with Gasteiger partial charge in [-0.3, -0.25) is 4.79 Å². The number of aryl methyl sites for hydroxylation is 1. The molecule has 0 aromatic heterocycles. The molecular weight excluding hydrogens is 370 g/mol. The lowest BCUT2D eigenvalue weighted by atomic mass is 10.2. The first-order valence-corrected chi connectivity index (χ1v) is 8.75.